The first-order valence-electron chi connectivity index (χ1n) is 9.07. The van der Waals surface area contributed by atoms with Gasteiger partial charge in [0.2, 0.25) is 0 Å². The molecule has 0 saturated carbocycles. The number of aromatic nitrogens is 1. The number of halogens is 3. The molecule has 2 aromatic carbocycles. The minimum Gasteiger partial charge on any atom is -0.490 e. The molecule has 1 aliphatic rings. The summed E-state index contributed by atoms with van der Waals surface area (Å²) >= 11 is 5.91. The first-order chi connectivity index (χ1) is 13.5. The number of hydrogen-bond acceptors (Lipinski definition) is 3. The molecule has 0 fully saturated rings. The molecule has 1 aromatic heterocycles. The molecule has 144 valence electrons. The Kier molecular flexibility index (Phi) is 5.04. The first-order valence-corrected chi connectivity index (χ1v) is 9.45. The van der Waals surface area contributed by atoms with Gasteiger partial charge in [-0.25, -0.2) is 13.8 Å². The van der Waals surface area contributed by atoms with Gasteiger partial charge >= 0.3 is 0 Å². The Bertz CT molecular complexity index is 1030. The van der Waals surface area contributed by atoms with Gasteiger partial charge in [0.15, 0.2) is 0 Å². The highest BCUT2D eigenvalue weighted by molar-refractivity contribution is 6.31. The highest BCUT2D eigenvalue weighted by atomic mass is 35.5. The minimum atomic E-state index is -0.811. The normalized spacial score (nSPS) is 16.5. The molecule has 2 N–H and O–H groups in total. The average Bonchev–Trinajstić information content (AvgIpc) is 3.07. The smallest absolute Gasteiger partial charge is 0.149 e. The SMILES string of the molecule is CC1COc2c1cc(C(CN)c1ccccc1)nc2-c1cc(Cl)c(F)cc1F. The second-order valence-electron chi connectivity index (χ2n) is 6.97. The molecule has 0 spiro atoms. The van der Waals surface area contributed by atoms with Crippen molar-refractivity contribution in [3.8, 4) is 17.0 Å². The topological polar surface area (TPSA) is 48.1 Å². The lowest BCUT2D eigenvalue weighted by Crippen LogP contribution is -2.16. The van der Waals surface area contributed by atoms with E-state index in [1.54, 1.807) is 0 Å². The van der Waals surface area contributed by atoms with Gasteiger partial charge in [0.1, 0.15) is 23.1 Å². The Morgan fingerprint density at radius 2 is 1.93 bits per heavy atom. The van der Waals surface area contributed by atoms with Crippen LogP contribution in [0.1, 0.15) is 35.6 Å². The molecule has 0 saturated heterocycles. The number of benzene rings is 2. The maximum atomic E-state index is 14.6. The van der Waals surface area contributed by atoms with Crippen LogP contribution in [0.2, 0.25) is 5.02 Å². The molecule has 0 radical (unpaired) electrons. The summed E-state index contributed by atoms with van der Waals surface area (Å²) in [5, 5.41) is -0.165. The molecule has 2 atom stereocenters. The van der Waals surface area contributed by atoms with E-state index in [9.17, 15) is 8.78 Å². The van der Waals surface area contributed by atoms with Gasteiger partial charge in [-0.1, -0.05) is 48.9 Å². The summed E-state index contributed by atoms with van der Waals surface area (Å²) in [5.74, 6) is -1.06. The average molecular weight is 401 g/mol. The van der Waals surface area contributed by atoms with Gasteiger partial charge in [0.25, 0.3) is 0 Å². The van der Waals surface area contributed by atoms with Crippen molar-refractivity contribution < 1.29 is 13.5 Å². The summed E-state index contributed by atoms with van der Waals surface area (Å²) in [6.07, 6.45) is 0. The second-order valence-corrected chi connectivity index (χ2v) is 7.38. The largest absolute Gasteiger partial charge is 0.490 e. The molecule has 0 amide bonds. The lowest BCUT2D eigenvalue weighted by molar-refractivity contribution is 0.337. The molecule has 4 rings (SSSR count). The van der Waals surface area contributed by atoms with Crippen LogP contribution in [0, 0.1) is 11.6 Å². The third-order valence-electron chi connectivity index (χ3n) is 5.09. The Morgan fingerprint density at radius 1 is 1.18 bits per heavy atom. The lowest BCUT2D eigenvalue weighted by atomic mass is 9.91. The zero-order valence-corrected chi connectivity index (χ0v) is 16.0. The quantitative estimate of drug-likeness (QED) is 0.607. The fraction of sp³-hybridized carbons (Fsp3) is 0.227. The highest BCUT2D eigenvalue weighted by Gasteiger charge is 2.29. The van der Waals surface area contributed by atoms with Crippen LogP contribution in [0.3, 0.4) is 0 Å². The van der Waals surface area contributed by atoms with Gasteiger partial charge in [0.05, 0.1) is 17.3 Å². The number of rotatable bonds is 4. The van der Waals surface area contributed by atoms with E-state index >= 15 is 0 Å². The van der Waals surface area contributed by atoms with Gasteiger partial charge in [-0.2, -0.15) is 0 Å². The van der Waals surface area contributed by atoms with E-state index in [4.69, 9.17) is 27.1 Å². The molecular weight excluding hydrogens is 382 g/mol. The molecule has 2 unspecified atom stereocenters. The Labute approximate surface area is 167 Å². The van der Waals surface area contributed by atoms with Crippen molar-refractivity contribution in [3.05, 3.63) is 82.0 Å². The van der Waals surface area contributed by atoms with Crippen molar-refractivity contribution in [2.24, 2.45) is 5.73 Å². The van der Waals surface area contributed by atoms with E-state index in [1.165, 1.54) is 6.07 Å². The van der Waals surface area contributed by atoms with E-state index in [0.717, 1.165) is 22.9 Å². The van der Waals surface area contributed by atoms with Crippen molar-refractivity contribution in [1.29, 1.82) is 0 Å². The van der Waals surface area contributed by atoms with E-state index in [1.807, 2.05) is 43.3 Å². The highest BCUT2D eigenvalue weighted by Crippen LogP contribution is 2.43. The number of nitrogens with two attached hydrogens (primary N) is 1. The van der Waals surface area contributed by atoms with Gasteiger partial charge in [-0.15, -0.1) is 0 Å². The van der Waals surface area contributed by atoms with Gasteiger partial charge in [0, 0.05) is 35.6 Å². The second kappa shape index (κ2) is 7.49. The third-order valence-corrected chi connectivity index (χ3v) is 5.38. The summed E-state index contributed by atoms with van der Waals surface area (Å²) in [7, 11) is 0. The van der Waals surface area contributed by atoms with E-state index in [-0.39, 0.29) is 22.4 Å². The molecule has 0 aliphatic carbocycles. The van der Waals surface area contributed by atoms with Crippen molar-refractivity contribution >= 4 is 11.6 Å². The van der Waals surface area contributed by atoms with Crippen LogP contribution in [-0.4, -0.2) is 18.1 Å². The van der Waals surface area contributed by atoms with Gasteiger partial charge in [-0.05, 0) is 17.7 Å². The molecule has 2 heterocycles. The predicted molar refractivity (Wildman–Crippen MR) is 106 cm³/mol. The number of hydrogen-bond donors (Lipinski definition) is 1. The molecule has 3 aromatic rings. The van der Waals surface area contributed by atoms with Crippen molar-refractivity contribution in [1.82, 2.24) is 4.98 Å². The van der Waals surface area contributed by atoms with E-state index < -0.39 is 11.6 Å². The fourth-order valence-corrected chi connectivity index (χ4v) is 3.73. The molecule has 0 bridgehead atoms. The van der Waals surface area contributed by atoms with Crippen molar-refractivity contribution in [2.75, 3.05) is 13.2 Å². The Morgan fingerprint density at radius 3 is 2.64 bits per heavy atom. The van der Waals surface area contributed by atoms with E-state index in [0.29, 0.717) is 24.6 Å². The number of nitrogens with zero attached hydrogens (tertiary/aromatic N) is 1. The monoisotopic (exact) mass is 400 g/mol. The van der Waals surface area contributed by atoms with Gasteiger partial charge < -0.3 is 10.5 Å². The maximum absolute atomic E-state index is 14.6. The zero-order chi connectivity index (χ0) is 19.8. The molecular formula is C22H19ClF2N2O. The molecule has 3 nitrogen and oxygen atoms in total. The molecule has 28 heavy (non-hydrogen) atoms. The third kappa shape index (κ3) is 3.25. The van der Waals surface area contributed by atoms with Crippen LogP contribution in [0.5, 0.6) is 5.75 Å². The minimum absolute atomic E-state index is 0.113. The van der Waals surface area contributed by atoms with E-state index in [2.05, 4.69) is 0 Å². The summed E-state index contributed by atoms with van der Waals surface area (Å²) < 4.78 is 34.1. The Hall–Kier alpha value is -2.50. The number of ether oxygens (including phenoxy) is 1. The zero-order valence-electron chi connectivity index (χ0n) is 15.3. The summed E-state index contributed by atoms with van der Waals surface area (Å²) in [6, 6.07) is 13.8. The Balaban J connectivity index is 1.93. The number of pyridine rings is 1. The van der Waals surface area contributed by atoms with Crippen LogP contribution in [-0.2, 0) is 0 Å². The molecule has 6 heteroatoms. The van der Waals surface area contributed by atoms with Crippen LogP contribution >= 0.6 is 11.6 Å². The summed E-state index contributed by atoms with van der Waals surface area (Å²) in [5.41, 5.74) is 9.18. The standard InChI is InChI=1S/C22H19ClF2N2O/c1-12-11-28-22-14(12)8-20(16(10-26)13-5-3-2-4-6-13)27-21(22)15-7-17(23)19(25)9-18(15)24/h2-9,12,16H,10-11,26H2,1H3. The molecule has 1 aliphatic heterocycles. The summed E-state index contributed by atoms with van der Waals surface area (Å²) in [4.78, 5) is 4.70. The van der Waals surface area contributed by atoms with Gasteiger partial charge in [-0.3, -0.25) is 0 Å². The predicted octanol–water partition coefficient (Wildman–Crippen LogP) is 5.27. The van der Waals surface area contributed by atoms with Crippen LogP contribution in [0.4, 0.5) is 8.78 Å². The maximum Gasteiger partial charge on any atom is 0.149 e. The van der Waals surface area contributed by atoms with Crippen molar-refractivity contribution in [2.45, 2.75) is 18.8 Å². The lowest BCUT2D eigenvalue weighted by Gasteiger charge is -2.18. The van der Waals surface area contributed by atoms with Crippen LogP contribution < -0.4 is 10.5 Å². The summed E-state index contributed by atoms with van der Waals surface area (Å²) in [6.45, 7) is 2.85. The first kappa shape index (κ1) is 18.8. The van der Waals surface area contributed by atoms with Crippen LogP contribution in [0.25, 0.3) is 11.3 Å². The fourth-order valence-electron chi connectivity index (χ4n) is 3.57. The van der Waals surface area contributed by atoms with Crippen molar-refractivity contribution in [3.63, 3.8) is 0 Å². The number of fused-ring (bicyclic) bond motifs is 1. The van der Waals surface area contributed by atoms with Crippen LogP contribution in [0.15, 0.2) is 48.5 Å².